The van der Waals surface area contributed by atoms with Crippen LogP contribution in [0.4, 0.5) is 11.5 Å². The van der Waals surface area contributed by atoms with Gasteiger partial charge >= 0.3 is 0 Å². The van der Waals surface area contributed by atoms with Crippen molar-refractivity contribution in [3.8, 4) is 0 Å². The molecule has 2 aromatic rings. The summed E-state index contributed by atoms with van der Waals surface area (Å²) in [5, 5.41) is 5.41. The minimum Gasteiger partial charge on any atom is -0.357 e. The molecule has 148 valence electrons. The molecule has 0 aliphatic carbocycles. The van der Waals surface area contributed by atoms with Crippen molar-refractivity contribution in [2.45, 2.75) is 39.0 Å². The second-order valence-corrected chi connectivity index (χ2v) is 8.16. The Labute approximate surface area is 166 Å². The predicted octanol–water partition coefficient (Wildman–Crippen LogP) is 3.35. The van der Waals surface area contributed by atoms with Crippen LogP contribution in [0.5, 0.6) is 0 Å². The Morgan fingerprint density at radius 1 is 1.04 bits per heavy atom. The van der Waals surface area contributed by atoms with Crippen molar-refractivity contribution in [2.24, 2.45) is 0 Å². The van der Waals surface area contributed by atoms with Crippen molar-refractivity contribution in [2.75, 3.05) is 29.9 Å². The van der Waals surface area contributed by atoms with Gasteiger partial charge in [-0.05, 0) is 48.1 Å². The van der Waals surface area contributed by atoms with Gasteiger partial charge in [0.2, 0.25) is 5.91 Å². The molecule has 1 aromatic heterocycles. The SMILES string of the molecule is CC(C)(C)c1ccc(C(=O)NCC(=O)Nc2ccc(N3CCCC3)nc2)cc1. The highest BCUT2D eigenvalue weighted by atomic mass is 16.2. The van der Waals surface area contributed by atoms with Crippen LogP contribution >= 0.6 is 0 Å². The minimum absolute atomic E-state index is 0.0350. The molecular formula is C22H28N4O2. The summed E-state index contributed by atoms with van der Waals surface area (Å²) in [5.41, 5.74) is 2.36. The van der Waals surface area contributed by atoms with Gasteiger partial charge in [0.05, 0.1) is 18.4 Å². The summed E-state index contributed by atoms with van der Waals surface area (Å²) < 4.78 is 0. The number of carbonyl (C=O) groups excluding carboxylic acids is 2. The summed E-state index contributed by atoms with van der Waals surface area (Å²) in [6.07, 6.45) is 4.04. The van der Waals surface area contributed by atoms with E-state index in [0.717, 1.165) is 24.5 Å². The molecule has 0 spiro atoms. The van der Waals surface area contributed by atoms with Crippen molar-refractivity contribution < 1.29 is 9.59 Å². The average Bonchev–Trinajstić information content (AvgIpc) is 3.21. The number of aromatic nitrogens is 1. The van der Waals surface area contributed by atoms with Gasteiger partial charge in [-0.3, -0.25) is 9.59 Å². The molecule has 2 amide bonds. The summed E-state index contributed by atoms with van der Waals surface area (Å²) >= 11 is 0. The van der Waals surface area contributed by atoms with E-state index < -0.39 is 0 Å². The lowest BCUT2D eigenvalue weighted by molar-refractivity contribution is -0.115. The first-order chi connectivity index (χ1) is 13.3. The molecule has 0 bridgehead atoms. The van der Waals surface area contributed by atoms with E-state index in [1.54, 1.807) is 18.3 Å². The first-order valence-corrected chi connectivity index (χ1v) is 9.72. The molecule has 0 atom stereocenters. The van der Waals surface area contributed by atoms with Crippen molar-refractivity contribution in [3.63, 3.8) is 0 Å². The highest BCUT2D eigenvalue weighted by molar-refractivity contribution is 5.99. The number of rotatable bonds is 5. The van der Waals surface area contributed by atoms with Gasteiger partial charge in [0, 0.05) is 18.7 Å². The smallest absolute Gasteiger partial charge is 0.251 e. The lowest BCUT2D eigenvalue weighted by atomic mass is 9.87. The Morgan fingerprint density at radius 3 is 2.29 bits per heavy atom. The van der Waals surface area contributed by atoms with E-state index >= 15 is 0 Å². The van der Waals surface area contributed by atoms with Crippen LogP contribution in [0.25, 0.3) is 0 Å². The van der Waals surface area contributed by atoms with Crippen LogP contribution in [0.15, 0.2) is 42.6 Å². The van der Waals surface area contributed by atoms with Crippen LogP contribution in [0.2, 0.25) is 0 Å². The van der Waals surface area contributed by atoms with Crippen LogP contribution in [0.1, 0.15) is 49.5 Å². The normalized spacial score (nSPS) is 14.0. The molecule has 0 saturated carbocycles. The number of pyridine rings is 1. The topological polar surface area (TPSA) is 74.3 Å². The van der Waals surface area contributed by atoms with Crippen molar-refractivity contribution in [1.82, 2.24) is 10.3 Å². The molecular weight excluding hydrogens is 352 g/mol. The molecule has 28 heavy (non-hydrogen) atoms. The van der Waals surface area contributed by atoms with Crippen molar-refractivity contribution >= 4 is 23.3 Å². The molecule has 6 nitrogen and oxygen atoms in total. The van der Waals surface area contributed by atoms with E-state index in [-0.39, 0.29) is 23.8 Å². The number of hydrogen-bond acceptors (Lipinski definition) is 4. The molecule has 0 unspecified atom stereocenters. The molecule has 1 aliphatic rings. The minimum atomic E-state index is -0.282. The van der Waals surface area contributed by atoms with Gasteiger partial charge in [0.25, 0.3) is 5.91 Å². The molecule has 6 heteroatoms. The van der Waals surface area contributed by atoms with Gasteiger partial charge in [0.1, 0.15) is 5.82 Å². The summed E-state index contributed by atoms with van der Waals surface area (Å²) in [6.45, 7) is 8.34. The molecule has 1 aromatic carbocycles. The van der Waals surface area contributed by atoms with Gasteiger partial charge in [0.15, 0.2) is 0 Å². The Morgan fingerprint density at radius 2 is 1.71 bits per heavy atom. The highest BCUT2D eigenvalue weighted by Gasteiger charge is 2.15. The Balaban J connectivity index is 1.49. The monoisotopic (exact) mass is 380 g/mol. The molecule has 1 aliphatic heterocycles. The number of nitrogens with one attached hydrogen (secondary N) is 2. The zero-order valence-electron chi connectivity index (χ0n) is 16.8. The van der Waals surface area contributed by atoms with E-state index in [2.05, 4.69) is 41.3 Å². The maximum atomic E-state index is 12.2. The van der Waals surface area contributed by atoms with Gasteiger partial charge in [-0.25, -0.2) is 4.98 Å². The number of carbonyl (C=O) groups is 2. The summed E-state index contributed by atoms with van der Waals surface area (Å²) in [6, 6.07) is 11.2. The van der Waals surface area contributed by atoms with Crippen LogP contribution in [-0.2, 0) is 10.2 Å². The molecule has 2 heterocycles. The predicted molar refractivity (Wildman–Crippen MR) is 112 cm³/mol. The molecule has 0 radical (unpaired) electrons. The maximum Gasteiger partial charge on any atom is 0.251 e. The van der Waals surface area contributed by atoms with Crippen molar-refractivity contribution in [1.29, 1.82) is 0 Å². The van der Waals surface area contributed by atoms with Gasteiger partial charge in [-0.1, -0.05) is 32.9 Å². The standard InChI is InChI=1S/C22H28N4O2/c1-22(2,3)17-8-6-16(7-9-17)21(28)24-15-20(27)25-18-10-11-19(23-14-18)26-12-4-5-13-26/h6-11,14H,4-5,12-13,15H2,1-3H3,(H,24,28)(H,25,27). The lowest BCUT2D eigenvalue weighted by Gasteiger charge is -2.19. The average molecular weight is 380 g/mol. The summed E-state index contributed by atoms with van der Waals surface area (Å²) in [4.78, 5) is 31.0. The summed E-state index contributed by atoms with van der Waals surface area (Å²) in [5.74, 6) is 0.385. The van der Waals surface area contributed by atoms with E-state index in [9.17, 15) is 9.59 Å². The number of hydrogen-bond donors (Lipinski definition) is 2. The third-order valence-electron chi connectivity index (χ3n) is 4.88. The van der Waals surface area contributed by atoms with Crippen LogP contribution in [0, 0.1) is 0 Å². The fourth-order valence-electron chi connectivity index (χ4n) is 3.18. The van der Waals surface area contributed by atoms with Gasteiger partial charge in [-0.15, -0.1) is 0 Å². The summed E-state index contributed by atoms with van der Waals surface area (Å²) in [7, 11) is 0. The van der Waals surface area contributed by atoms with E-state index in [1.807, 2.05) is 24.3 Å². The van der Waals surface area contributed by atoms with Crippen molar-refractivity contribution in [3.05, 3.63) is 53.7 Å². The van der Waals surface area contributed by atoms with Crippen LogP contribution in [0.3, 0.4) is 0 Å². The van der Waals surface area contributed by atoms with E-state index in [0.29, 0.717) is 11.3 Å². The highest BCUT2D eigenvalue weighted by Crippen LogP contribution is 2.22. The van der Waals surface area contributed by atoms with Gasteiger partial charge in [-0.2, -0.15) is 0 Å². The second kappa shape index (κ2) is 8.42. The third-order valence-corrected chi connectivity index (χ3v) is 4.88. The third kappa shape index (κ3) is 5.09. The lowest BCUT2D eigenvalue weighted by Crippen LogP contribution is -2.33. The number of nitrogens with zero attached hydrogens (tertiary/aromatic N) is 2. The molecule has 2 N–H and O–H groups in total. The Bertz CT molecular complexity index is 817. The van der Waals surface area contributed by atoms with Gasteiger partial charge < -0.3 is 15.5 Å². The fourth-order valence-corrected chi connectivity index (χ4v) is 3.18. The quantitative estimate of drug-likeness (QED) is 0.834. The number of anilines is 2. The molecule has 3 rings (SSSR count). The number of amides is 2. The van der Waals surface area contributed by atoms with E-state index in [1.165, 1.54) is 12.8 Å². The number of benzene rings is 1. The molecule has 1 saturated heterocycles. The second-order valence-electron chi connectivity index (χ2n) is 8.16. The van der Waals surface area contributed by atoms with Crippen LogP contribution in [-0.4, -0.2) is 36.4 Å². The first-order valence-electron chi connectivity index (χ1n) is 9.72. The zero-order valence-corrected chi connectivity index (χ0v) is 16.8. The zero-order chi connectivity index (χ0) is 20.1. The Kier molecular flexibility index (Phi) is 5.97. The maximum absolute atomic E-state index is 12.2. The Hall–Kier alpha value is -2.89. The van der Waals surface area contributed by atoms with Crippen LogP contribution < -0.4 is 15.5 Å². The first kappa shape index (κ1) is 19.9. The van der Waals surface area contributed by atoms with E-state index in [4.69, 9.17) is 0 Å². The largest absolute Gasteiger partial charge is 0.357 e. The molecule has 1 fully saturated rings. The fraction of sp³-hybridized carbons (Fsp3) is 0.409.